The van der Waals surface area contributed by atoms with Crippen LogP contribution in [0, 0.1) is 81.6 Å². The number of ether oxygens (including phenoxy) is 2. The molecule has 2 aliphatic carbocycles. The van der Waals surface area contributed by atoms with Gasteiger partial charge < -0.3 is 19.5 Å². The monoisotopic (exact) mass is 1480 g/mol. The Hall–Kier alpha value is -5.90. The average molecular weight is 1490 g/mol. The van der Waals surface area contributed by atoms with Crippen LogP contribution in [0.4, 0.5) is 70.2 Å². The average Bonchev–Trinajstić information content (AvgIpc) is 1.56. The quantitative estimate of drug-likeness (QED) is 0.0493. The zero-order valence-electron chi connectivity index (χ0n) is 45.8. The van der Waals surface area contributed by atoms with Crippen molar-refractivity contribution >= 4 is 52.3 Å². The van der Waals surface area contributed by atoms with Gasteiger partial charge in [-0.15, -0.1) is 23.8 Å². The second kappa shape index (κ2) is 28.9. The molecule has 0 fully saturated rings. The van der Waals surface area contributed by atoms with E-state index in [4.69, 9.17) is 10.6 Å². The number of benzene rings is 8. The molecule has 8 aromatic carbocycles. The number of rotatable bonds is 14. The predicted molar refractivity (Wildman–Crippen MR) is 302 cm³/mol. The zero-order chi connectivity index (χ0) is 63.1. The Kier molecular flexibility index (Phi) is 22.8. The maximum Gasteiger partial charge on any atom is 0.491 e. The van der Waals surface area contributed by atoms with Crippen molar-refractivity contribution in [2.45, 2.75) is 77.4 Å². The first-order chi connectivity index (χ1) is 40.7. The summed E-state index contributed by atoms with van der Waals surface area (Å²) in [6.45, 7) is 4.36. The fourth-order valence-corrected chi connectivity index (χ4v) is 10.7. The molecule has 0 saturated carbocycles. The fraction of sp³-hybridized carbons (Fsp3) is 0.226. The molecule has 24 heteroatoms. The standard InChI is InChI=1S/C31H22F8O.C18H20BFO2.C13H4BrF7O.HI.Pd/c1-2-3-16-8-17-4-5-18(10-20(17)9-16)19-6-7-23(24(32)11-19)21-12-25(33)29(26(34)13-21)31(38,39)40-22-14-27(35)30(37)28(36)15-22;1-2-3-12-8-13-4-5-14(10-16(13)9-12)15-6-7-17(19(21)22)18(20)11-15;14-5-1-7(15)11(8(16)2-5)13(20,21)22-6-3-9(17)12(19)10(18)4-6;;/h4-7,10-16H,2-3,8-9H2,1H3;4-7,10-12,21-22H,2-3,8-9H2,1H3;1-4H;1H;/i/hD. The van der Waals surface area contributed by atoms with Crippen LogP contribution in [-0.4, -0.2) is 17.8 Å². The minimum Gasteiger partial charge on any atom is -0.429 e. The largest absolute Gasteiger partial charge is 0.491 e. The van der Waals surface area contributed by atoms with Gasteiger partial charge in [0.2, 0.25) is 0 Å². The van der Waals surface area contributed by atoms with Crippen molar-refractivity contribution in [2.24, 2.45) is 11.8 Å². The molecule has 0 spiro atoms. The number of alkyl halides is 4. The van der Waals surface area contributed by atoms with Gasteiger partial charge in [-0.3, -0.25) is 0 Å². The van der Waals surface area contributed by atoms with Crippen LogP contribution in [0.25, 0.3) is 33.4 Å². The fourth-order valence-electron chi connectivity index (χ4n) is 10.3. The molecule has 2 atom stereocenters. The van der Waals surface area contributed by atoms with Gasteiger partial charge in [0.1, 0.15) is 58.1 Å². The van der Waals surface area contributed by atoms with Crippen molar-refractivity contribution in [3.8, 4) is 44.9 Å². The van der Waals surface area contributed by atoms with Gasteiger partial charge in [0.25, 0.3) is 0 Å². The Bertz CT molecular complexity index is 3680. The molecule has 0 heterocycles. The van der Waals surface area contributed by atoms with Gasteiger partial charge in [0.15, 0.2) is 34.9 Å². The molecule has 0 amide bonds. The molecule has 0 bridgehead atoms. The number of fused-ring (bicyclic) bond motifs is 2. The van der Waals surface area contributed by atoms with Crippen LogP contribution in [0.3, 0.4) is 0 Å². The third kappa shape index (κ3) is 16.0. The van der Waals surface area contributed by atoms with Crippen LogP contribution < -0.4 is 14.9 Å². The summed E-state index contributed by atoms with van der Waals surface area (Å²) >= 11 is 4.10. The van der Waals surface area contributed by atoms with E-state index in [2.05, 4.69) is 51.4 Å². The smallest absolute Gasteiger partial charge is 0.429 e. The summed E-state index contributed by atoms with van der Waals surface area (Å²) in [5.41, 5.74) is 4.02. The van der Waals surface area contributed by atoms with E-state index < -0.39 is 112 Å². The summed E-state index contributed by atoms with van der Waals surface area (Å²) in [4.78, 5) is 0. The molecule has 0 aliphatic heterocycles. The Morgan fingerprint density at radius 1 is 0.453 bits per heavy atom. The summed E-state index contributed by atoms with van der Waals surface area (Å²) < 4.78 is 235. The van der Waals surface area contributed by atoms with E-state index in [0.717, 1.165) is 61.1 Å². The molecule has 2 N–H and O–H groups in total. The molecule has 2 unspecified atom stereocenters. The van der Waals surface area contributed by atoms with Crippen LogP contribution in [0.2, 0.25) is 0 Å². The summed E-state index contributed by atoms with van der Waals surface area (Å²) in [7, 11) is -1.77. The van der Waals surface area contributed by atoms with E-state index in [-0.39, 0.29) is 65.8 Å². The maximum absolute atomic E-state index is 15.1. The van der Waals surface area contributed by atoms with Gasteiger partial charge in [-0.2, -0.15) is 17.6 Å². The molecule has 8 aromatic rings. The van der Waals surface area contributed by atoms with Crippen LogP contribution in [-0.2, 0) is 58.3 Å². The molecule has 10 rings (SSSR count). The minimum absolute atomic E-state index is 0. The van der Waals surface area contributed by atoms with Gasteiger partial charge >= 0.3 is 19.3 Å². The SMILES string of the molecule is CCCC1Cc2ccc(-c3ccc(-c4cc(F)c(C(F)(F)Oc5cc(F)c(F)c(F)c5)c(F)c4)c(F)c3)cc2C1.CCCC1Cc2ccc(-c3ccc(B(O)O)c(F)c3)cc2C1.Fc1cc(OC(F)(F)c2c(F)cc(Br)cc2F)cc(F)c1F.[2H]I.[Pd]. The van der Waals surface area contributed by atoms with Crippen molar-refractivity contribution < 1.29 is 110 Å². The van der Waals surface area contributed by atoms with Crippen molar-refractivity contribution in [1.82, 2.24) is 0 Å². The molecular weight excluding hydrogens is 1440 g/mol. The van der Waals surface area contributed by atoms with Gasteiger partial charge in [-0.25, -0.2) is 52.7 Å². The molecule has 458 valence electrons. The van der Waals surface area contributed by atoms with E-state index in [9.17, 15) is 65.9 Å². The normalized spacial score (nSPS) is 14.2. The second-order valence-electron chi connectivity index (χ2n) is 20.1. The molecule has 0 aromatic heterocycles. The van der Waals surface area contributed by atoms with E-state index >= 15 is 4.39 Å². The third-order valence-electron chi connectivity index (χ3n) is 14.1. The van der Waals surface area contributed by atoms with Gasteiger partial charge in [0, 0.05) is 60.2 Å². The molecule has 86 heavy (non-hydrogen) atoms. The Morgan fingerprint density at radius 3 is 1.16 bits per heavy atom. The minimum atomic E-state index is -4.74. The van der Waals surface area contributed by atoms with Crippen molar-refractivity contribution in [2.75, 3.05) is 0 Å². The molecule has 0 saturated heterocycles. The van der Waals surface area contributed by atoms with Crippen LogP contribution >= 0.6 is 39.7 Å². The van der Waals surface area contributed by atoms with E-state index in [1.807, 2.05) is 24.3 Å². The van der Waals surface area contributed by atoms with Crippen molar-refractivity contribution in [1.29, 1.82) is 0.594 Å². The number of hydrogen-bond acceptors (Lipinski definition) is 4. The Labute approximate surface area is 523 Å². The molecule has 0 radical (unpaired) electrons. The summed E-state index contributed by atoms with van der Waals surface area (Å²) in [6.07, 6.45) is -0.432. The first kappa shape index (κ1) is 67.6. The van der Waals surface area contributed by atoms with E-state index in [1.54, 1.807) is 12.1 Å². The number of halogens is 18. The predicted octanol–water partition coefficient (Wildman–Crippen LogP) is 18.1. The third-order valence-corrected chi connectivity index (χ3v) is 14.6. The number of hydrogen-bond donors (Lipinski definition) is 2. The Morgan fingerprint density at radius 2 is 0.791 bits per heavy atom. The Balaban J connectivity index is 0.000000220. The van der Waals surface area contributed by atoms with E-state index in [1.165, 1.54) is 83.1 Å². The van der Waals surface area contributed by atoms with E-state index in [0.29, 0.717) is 35.7 Å². The second-order valence-corrected chi connectivity index (χ2v) is 21.0. The molecule has 4 nitrogen and oxygen atoms in total. The molecular formula is C62H47BBrF16IO4Pd. The first-order valence-electron chi connectivity index (χ1n) is 26.3. The van der Waals surface area contributed by atoms with Gasteiger partial charge in [-0.1, -0.05) is 116 Å². The van der Waals surface area contributed by atoms with Crippen LogP contribution in [0.15, 0.2) is 126 Å². The maximum atomic E-state index is 15.1. The summed E-state index contributed by atoms with van der Waals surface area (Å²) in [5.74, 6) is -20.3. The van der Waals surface area contributed by atoms with Crippen LogP contribution in [0.1, 0.15) is 72.9 Å². The molecule has 2 aliphatic rings. The first-order valence-corrected chi connectivity index (χ1v) is 26.7. The zero-order valence-corrected chi connectivity index (χ0v) is 50.1. The summed E-state index contributed by atoms with van der Waals surface area (Å²) in [6, 6.07) is 23.4. The van der Waals surface area contributed by atoms with Crippen molar-refractivity contribution in [3.05, 3.63) is 229 Å². The topological polar surface area (TPSA) is 58.9 Å². The summed E-state index contributed by atoms with van der Waals surface area (Å²) in [5, 5.41) is 18.2. The van der Waals surface area contributed by atoms with Gasteiger partial charge in [-0.05, 0) is 124 Å². The van der Waals surface area contributed by atoms with Crippen LogP contribution in [0.5, 0.6) is 11.5 Å². The van der Waals surface area contributed by atoms with Crippen molar-refractivity contribution in [3.63, 3.8) is 0 Å². The van der Waals surface area contributed by atoms with Gasteiger partial charge in [0.05, 0.1) is 0 Å².